The van der Waals surface area contributed by atoms with Gasteiger partial charge in [-0.2, -0.15) is 0 Å². The fourth-order valence-corrected chi connectivity index (χ4v) is 3.95. The van der Waals surface area contributed by atoms with Crippen LogP contribution in [0.3, 0.4) is 0 Å². The van der Waals surface area contributed by atoms with Crippen LogP contribution in [0.4, 0.5) is 0 Å². The number of rotatable bonds is 4. The molecular weight excluding hydrogens is 244 g/mol. The van der Waals surface area contributed by atoms with E-state index < -0.39 is 0 Å². The first-order valence-electron chi connectivity index (χ1n) is 8.38. The van der Waals surface area contributed by atoms with Gasteiger partial charge in [-0.3, -0.25) is 0 Å². The zero-order chi connectivity index (χ0) is 13.7. The molecule has 0 atom stereocenters. The van der Waals surface area contributed by atoms with Gasteiger partial charge in [0.2, 0.25) is 0 Å². The summed E-state index contributed by atoms with van der Waals surface area (Å²) in [4.78, 5) is 2.72. The van der Waals surface area contributed by atoms with E-state index in [0.717, 1.165) is 0 Å². The van der Waals surface area contributed by atoms with Crippen molar-refractivity contribution in [3.63, 3.8) is 0 Å². The van der Waals surface area contributed by atoms with E-state index in [1.807, 2.05) is 0 Å². The lowest BCUT2D eigenvalue weighted by Crippen LogP contribution is -2.49. The number of nitrogens with zero attached hydrogens (tertiary/aromatic N) is 1. The van der Waals surface area contributed by atoms with Gasteiger partial charge >= 0.3 is 0 Å². The van der Waals surface area contributed by atoms with Gasteiger partial charge in [0.05, 0.1) is 0 Å². The van der Waals surface area contributed by atoms with Gasteiger partial charge in [0, 0.05) is 12.1 Å². The van der Waals surface area contributed by atoms with Crippen LogP contribution < -0.4 is 5.32 Å². The van der Waals surface area contributed by atoms with Gasteiger partial charge in [0.25, 0.3) is 0 Å². The van der Waals surface area contributed by atoms with Gasteiger partial charge in [-0.25, -0.2) is 0 Å². The highest BCUT2D eigenvalue weighted by Crippen LogP contribution is 2.31. The van der Waals surface area contributed by atoms with Crippen molar-refractivity contribution in [1.29, 1.82) is 0 Å². The van der Waals surface area contributed by atoms with Crippen LogP contribution in [-0.2, 0) is 6.42 Å². The Labute approximate surface area is 123 Å². The van der Waals surface area contributed by atoms with Crippen molar-refractivity contribution in [1.82, 2.24) is 10.2 Å². The van der Waals surface area contributed by atoms with E-state index in [0.29, 0.717) is 5.54 Å². The summed E-state index contributed by atoms with van der Waals surface area (Å²) >= 11 is 0. The van der Waals surface area contributed by atoms with Gasteiger partial charge in [0.1, 0.15) is 0 Å². The number of hydrogen-bond acceptors (Lipinski definition) is 2. The summed E-state index contributed by atoms with van der Waals surface area (Å²) in [5, 5.41) is 3.85. The average molecular weight is 272 g/mol. The predicted molar refractivity (Wildman–Crippen MR) is 85.0 cm³/mol. The second-order valence-corrected chi connectivity index (χ2v) is 6.63. The first kappa shape index (κ1) is 14.1. The molecule has 2 heteroatoms. The molecule has 1 saturated heterocycles. The van der Waals surface area contributed by atoms with Crippen LogP contribution >= 0.6 is 0 Å². The molecule has 0 bridgehead atoms. The van der Waals surface area contributed by atoms with E-state index in [-0.39, 0.29) is 0 Å². The molecule has 1 aliphatic heterocycles. The summed E-state index contributed by atoms with van der Waals surface area (Å²) in [6.45, 7) is 5.04. The van der Waals surface area contributed by atoms with Crippen LogP contribution in [0, 0.1) is 0 Å². The monoisotopic (exact) mass is 272 g/mol. The number of aryl methyl sites for hydroxylation is 1. The number of hydrogen-bond donors (Lipinski definition) is 1. The predicted octanol–water partition coefficient (Wildman–Crippen LogP) is 3.23. The van der Waals surface area contributed by atoms with Crippen molar-refractivity contribution in [3.8, 4) is 0 Å². The minimum absolute atomic E-state index is 0.462. The van der Waals surface area contributed by atoms with Crippen LogP contribution in [0.1, 0.15) is 44.1 Å². The molecule has 0 aromatic heterocycles. The average Bonchev–Trinajstić information content (AvgIpc) is 2.83. The largest absolute Gasteiger partial charge is 0.310 e. The van der Waals surface area contributed by atoms with Crippen LogP contribution in [0.2, 0.25) is 0 Å². The Morgan fingerprint density at radius 1 is 1.05 bits per heavy atom. The summed E-state index contributed by atoms with van der Waals surface area (Å²) in [6, 6.07) is 10.9. The van der Waals surface area contributed by atoms with Gasteiger partial charge in [-0.15, -0.1) is 0 Å². The maximum Gasteiger partial charge on any atom is 0.0308 e. The molecule has 2 nitrogen and oxygen atoms in total. The zero-order valence-corrected chi connectivity index (χ0v) is 12.6. The number of nitrogens with one attached hydrogen (secondary N) is 1. The lowest BCUT2D eigenvalue weighted by Gasteiger charge is -2.33. The number of benzene rings is 1. The fourth-order valence-electron chi connectivity index (χ4n) is 3.95. The summed E-state index contributed by atoms with van der Waals surface area (Å²) in [5.74, 6) is 0. The van der Waals surface area contributed by atoms with Crippen molar-refractivity contribution in [3.05, 3.63) is 35.9 Å². The maximum atomic E-state index is 3.85. The Morgan fingerprint density at radius 2 is 1.85 bits per heavy atom. The molecule has 3 rings (SSSR count). The molecule has 0 unspecified atom stereocenters. The smallest absolute Gasteiger partial charge is 0.0308 e. The van der Waals surface area contributed by atoms with Gasteiger partial charge < -0.3 is 10.2 Å². The van der Waals surface area contributed by atoms with Gasteiger partial charge in [0.15, 0.2) is 0 Å². The lowest BCUT2D eigenvalue weighted by molar-refractivity contribution is 0.208. The van der Waals surface area contributed by atoms with Gasteiger partial charge in [-0.05, 0) is 57.3 Å². The summed E-state index contributed by atoms with van der Waals surface area (Å²) in [6.07, 6.45) is 9.45. The summed E-state index contributed by atoms with van der Waals surface area (Å²) in [7, 11) is 0. The maximum absolute atomic E-state index is 3.85. The highest BCUT2D eigenvalue weighted by atomic mass is 15.2. The van der Waals surface area contributed by atoms with Crippen molar-refractivity contribution in [2.24, 2.45) is 0 Å². The molecule has 1 aliphatic carbocycles. The Kier molecular flexibility index (Phi) is 4.74. The molecule has 1 aromatic carbocycles. The zero-order valence-electron chi connectivity index (χ0n) is 12.6. The molecular formula is C18H28N2. The molecule has 110 valence electrons. The molecule has 1 heterocycles. The Hall–Kier alpha value is -0.860. The van der Waals surface area contributed by atoms with Crippen LogP contribution in [0.25, 0.3) is 0 Å². The molecule has 1 aromatic rings. The van der Waals surface area contributed by atoms with Crippen molar-refractivity contribution < 1.29 is 0 Å². The first-order valence-corrected chi connectivity index (χ1v) is 8.38. The molecule has 1 spiro atoms. The molecule has 1 N–H and O–H groups in total. The molecule has 20 heavy (non-hydrogen) atoms. The molecule has 2 fully saturated rings. The quantitative estimate of drug-likeness (QED) is 0.905. The fraction of sp³-hybridized carbons (Fsp3) is 0.667. The second kappa shape index (κ2) is 6.73. The minimum Gasteiger partial charge on any atom is -0.310 e. The Bertz CT molecular complexity index is 395. The van der Waals surface area contributed by atoms with Crippen molar-refractivity contribution in [2.45, 2.75) is 50.5 Å². The first-order chi connectivity index (χ1) is 9.86. The molecule has 1 saturated carbocycles. The third kappa shape index (κ3) is 3.62. The standard InChI is InChI=1S/C18H28N2/c1-2-8-17(9-3-1)10-6-14-20-15-7-13-19-18(16-20)11-4-5-12-18/h1-3,8-9,19H,4-7,10-16H2. The van der Waals surface area contributed by atoms with Crippen molar-refractivity contribution in [2.75, 3.05) is 26.2 Å². The minimum atomic E-state index is 0.462. The Morgan fingerprint density at radius 3 is 2.65 bits per heavy atom. The highest BCUT2D eigenvalue weighted by molar-refractivity contribution is 5.14. The van der Waals surface area contributed by atoms with E-state index >= 15 is 0 Å². The summed E-state index contributed by atoms with van der Waals surface area (Å²) in [5.41, 5.74) is 1.94. The normalized spacial score (nSPS) is 23.0. The third-order valence-electron chi connectivity index (χ3n) is 5.02. The Balaban J connectivity index is 1.49. The van der Waals surface area contributed by atoms with Crippen LogP contribution in [0.5, 0.6) is 0 Å². The van der Waals surface area contributed by atoms with Crippen LogP contribution in [-0.4, -0.2) is 36.6 Å². The SMILES string of the molecule is c1ccc(CCCN2CCCNC3(CCCC3)C2)cc1. The summed E-state index contributed by atoms with van der Waals surface area (Å²) < 4.78 is 0. The van der Waals surface area contributed by atoms with E-state index in [2.05, 4.69) is 40.5 Å². The topological polar surface area (TPSA) is 15.3 Å². The molecule has 0 radical (unpaired) electrons. The van der Waals surface area contributed by atoms with Crippen molar-refractivity contribution >= 4 is 0 Å². The lowest BCUT2D eigenvalue weighted by atomic mass is 9.97. The van der Waals surface area contributed by atoms with Gasteiger partial charge in [-0.1, -0.05) is 43.2 Å². The molecule has 0 amide bonds. The van der Waals surface area contributed by atoms with E-state index in [9.17, 15) is 0 Å². The van der Waals surface area contributed by atoms with E-state index in [1.165, 1.54) is 76.7 Å². The third-order valence-corrected chi connectivity index (χ3v) is 5.02. The van der Waals surface area contributed by atoms with E-state index in [4.69, 9.17) is 0 Å². The van der Waals surface area contributed by atoms with Crippen LogP contribution in [0.15, 0.2) is 30.3 Å². The molecule has 2 aliphatic rings. The van der Waals surface area contributed by atoms with E-state index in [1.54, 1.807) is 0 Å². The second-order valence-electron chi connectivity index (χ2n) is 6.63. The highest BCUT2D eigenvalue weighted by Gasteiger charge is 2.35.